The maximum absolute atomic E-state index is 11.9. The molecule has 0 amide bonds. The highest BCUT2D eigenvalue weighted by molar-refractivity contribution is 7.90. The van der Waals surface area contributed by atoms with E-state index in [0.29, 0.717) is 17.0 Å². The van der Waals surface area contributed by atoms with Crippen LogP contribution in [0.4, 0.5) is 5.69 Å². The van der Waals surface area contributed by atoms with E-state index in [4.69, 9.17) is 9.97 Å². The molecule has 1 saturated carbocycles. The molecule has 0 radical (unpaired) electrons. The number of imidazole rings is 1. The summed E-state index contributed by atoms with van der Waals surface area (Å²) in [6.45, 7) is 9.34. The maximum atomic E-state index is 11.9. The second kappa shape index (κ2) is 9.17. The molecule has 7 nitrogen and oxygen atoms in total. The predicted octanol–water partition coefficient (Wildman–Crippen LogP) is 5.28. The van der Waals surface area contributed by atoms with Crippen molar-refractivity contribution in [2.45, 2.75) is 43.7 Å². The number of hydrogen-bond donors (Lipinski definition) is 0. The second-order valence-corrected chi connectivity index (χ2v) is 13.9. The molecule has 2 atom stereocenters. The standard InChI is InChI=1S/C31H35N5O2S/c1-20(2)34-16-23-18-35(19-24(23)17-34)25-8-4-21(5-9-25)28-14-30-29(15-32-28)33-31(36(30)26-10-11-26)22-6-12-27(13-7-22)39(3,37)38/h4-9,12-15,20,23-24,26H,10-11,16-19H2,1-3H3/t23-,24+. The van der Waals surface area contributed by atoms with Gasteiger partial charge in [-0.2, -0.15) is 0 Å². The van der Waals surface area contributed by atoms with Gasteiger partial charge < -0.3 is 14.4 Å². The molecular formula is C31H35N5O2S. The number of rotatable bonds is 6. The lowest BCUT2D eigenvalue weighted by Gasteiger charge is -2.25. The van der Waals surface area contributed by atoms with E-state index in [0.717, 1.165) is 71.4 Å². The molecule has 7 rings (SSSR count). The van der Waals surface area contributed by atoms with Crippen LogP contribution < -0.4 is 4.90 Å². The van der Waals surface area contributed by atoms with Gasteiger partial charge in [-0.05, 0) is 81.0 Å². The van der Waals surface area contributed by atoms with E-state index < -0.39 is 9.84 Å². The van der Waals surface area contributed by atoms with Crippen LogP contribution in [0.15, 0.2) is 65.7 Å². The summed E-state index contributed by atoms with van der Waals surface area (Å²) in [5.74, 6) is 2.42. The van der Waals surface area contributed by atoms with E-state index in [2.05, 4.69) is 58.5 Å². The van der Waals surface area contributed by atoms with Crippen molar-refractivity contribution in [1.29, 1.82) is 0 Å². The zero-order valence-corrected chi connectivity index (χ0v) is 23.6. The summed E-state index contributed by atoms with van der Waals surface area (Å²) in [5, 5.41) is 0. The van der Waals surface area contributed by atoms with Gasteiger partial charge in [0.15, 0.2) is 9.84 Å². The van der Waals surface area contributed by atoms with Crippen LogP contribution in [0.2, 0.25) is 0 Å². The van der Waals surface area contributed by atoms with Gasteiger partial charge in [-0.1, -0.05) is 12.1 Å². The van der Waals surface area contributed by atoms with Gasteiger partial charge in [0.2, 0.25) is 0 Å². The van der Waals surface area contributed by atoms with E-state index in [1.165, 1.54) is 25.0 Å². The van der Waals surface area contributed by atoms with Crippen LogP contribution in [0.5, 0.6) is 0 Å². The van der Waals surface area contributed by atoms with Gasteiger partial charge >= 0.3 is 0 Å². The Morgan fingerprint density at radius 1 is 0.872 bits per heavy atom. The fraction of sp³-hybridized carbons (Fsp3) is 0.419. The Morgan fingerprint density at radius 3 is 2.10 bits per heavy atom. The lowest BCUT2D eigenvalue weighted by molar-refractivity contribution is 0.258. The molecule has 2 aromatic heterocycles. The van der Waals surface area contributed by atoms with E-state index >= 15 is 0 Å². The number of nitrogens with zero attached hydrogens (tertiary/aromatic N) is 5. The first-order chi connectivity index (χ1) is 18.7. The van der Waals surface area contributed by atoms with Crippen molar-refractivity contribution < 1.29 is 8.42 Å². The normalized spacial score (nSPS) is 21.8. The van der Waals surface area contributed by atoms with Crippen molar-refractivity contribution in [3.63, 3.8) is 0 Å². The number of pyridine rings is 1. The minimum absolute atomic E-state index is 0.322. The summed E-state index contributed by atoms with van der Waals surface area (Å²) in [4.78, 5) is 15.2. The molecule has 0 unspecified atom stereocenters. The van der Waals surface area contributed by atoms with Gasteiger partial charge in [-0.3, -0.25) is 4.98 Å². The number of fused-ring (bicyclic) bond motifs is 2. The minimum Gasteiger partial charge on any atom is -0.371 e. The van der Waals surface area contributed by atoms with Gasteiger partial charge in [0.25, 0.3) is 0 Å². The van der Waals surface area contributed by atoms with Gasteiger partial charge in [0.1, 0.15) is 11.3 Å². The van der Waals surface area contributed by atoms with Crippen molar-refractivity contribution in [3.8, 4) is 22.6 Å². The first kappa shape index (κ1) is 24.8. The third-order valence-electron chi connectivity index (χ3n) is 8.80. The fourth-order valence-corrected chi connectivity index (χ4v) is 7.05. The first-order valence-corrected chi connectivity index (χ1v) is 15.9. The molecule has 0 bridgehead atoms. The number of sulfone groups is 1. The molecule has 0 spiro atoms. The number of aromatic nitrogens is 3. The van der Waals surface area contributed by atoms with Crippen LogP contribution in [-0.4, -0.2) is 66.3 Å². The van der Waals surface area contributed by atoms with E-state index in [9.17, 15) is 8.42 Å². The Kier molecular flexibility index (Phi) is 5.83. The quantitative estimate of drug-likeness (QED) is 0.331. The van der Waals surface area contributed by atoms with Crippen molar-refractivity contribution in [1.82, 2.24) is 19.4 Å². The van der Waals surface area contributed by atoms with E-state index in [-0.39, 0.29) is 0 Å². The molecule has 2 aliphatic heterocycles. The van der Waals surface area contributed by atoms with Crippen molar-refractivity contribution in [2.24, 2.45) is 11.8 Å². The van der Waals surface area contributed by atoms with Gasteiger partial charge in [0.05, 0.1) is 22.3 Å². The van der Waals surface area contributed by atoms with Crippen molar-refractivity contribution in [3.05, 3.63) is 60.8 Å². The minimum atomic E-state index is -3.24. The van der Waals surface area contributed by atoms with Crippen LogP contribution in [-0.2, 0) is 9.84 Å². The highest BCUT2D eigenvalue weighted by Gasteiger charge is 2.40. The fourth-order valence-electron chi connectivity index (χ4n) is 6.42. The Bertz CT molecular complexity index is 1630. The van der Waals surface area contributed by atoms with Crippen LogP contribution in [0, 0.1) is 11.8 Å². The monoisotopic (exact) mass is 541 g/mol. The summed E-state index contributed by atoms with van der Waals surface area (Å²) in [7, 11) is -3.24. The van der Waals surface area contributed by atoms with Gasteiger partial charge in [-0.25, -0.2) is 13.4 Å². The third kappa shape index (κ3) is 4.53. The Morgan fingerprint density at radius 2 is 1.51 bits per heavy atom. The molecule has 39 heavy (non-hydrogen) atoms. The molecule has 4 aromatic rings. The highest BCUT2D eigenvalue weighted by Crippen LogP contribution is 2.42. The van der Waals surface area contributed by atoms with Crippen LogP contribution in [0.3, 0.4) is 0 Å². The van der Waals surface area contributed by atoms with Crippen LogP contribution in [0.1, 0.15) is 32.7 Å². The Hall–Kier alpha value is -3.23. The van der Waals surface area contributed by atoms with Crippen LogP contribution in [0.25, 0.3) is 33.7 Å². The number of hydrogen-bond acceptors (Lipinski definition) is 6. The summed E-state index contributed by atoms with van der Waals surface area (Å²) in [6, 6.07) is 19.1. The lowest BCUT2D eigenvalue weighted by Crippen LogP contribution is -2.33. The summed E-state index contributed by atoms with van der Waals surface area (Å²) >= 11 is 0. The average molecular weight is 542 g/mol. The van der Waals surface area contributed by atoms with Crippen molar-refractivity contribution >= 4 is 26.6 Å². The molecule has 4 heterocycles. The molecule has 0 N–H and O–H groups in total. The molecule has 2 aromatic carbocycles. The molecule has 3 fully saturated rings. The third-order valence-corrected chi connectivity index (χ3v) is 9.93. The van der Waals surface area contributed by atoms with E-state index in [1.807, 2.05) is 18.3 Å². The number of likely N-dealkylation sites (tertiary alicyclic amines) is 1. The molecule has 2 saturated heterocycles. The number of anilines is 1. The summed E-state index contributed by atoms with van der Waals surface area (Å²) < 4.78 is 26.2. The first-order valence-electron chi connectivity index (χ1n) is 14.0. The van der Waals surface area contributed by atoms with Gasteiger partial charge in [-0.15, -0.1) is 0 Å². The zero-order valence-electron chi connectivity index (χ0n) is 22.8. The Balaban J connectivity index is 1.16. The molecule has 8 heteroatoms. The van der Waals surface area contributed by atoms with Gasteiger partial charge in [0, 0.05) is 61.3 Å². The second-order valence-electron chi connectivity index (χ2n) is 11.9. The molecule has 1 aliphatic carbocycles. The smallest absolute Gasteiger partial charge is 0.175 e. The average Bonchev–Trinajstić information content (AvgIpc) is 3.38. The SMILES string of the molecule is CC(C)N1C[C@H]2CN(c3ccc(-c4cc5c(cn4)nc(-c4ccc(S(C)(=O)=O)cc4)n5C4CC4)cc3)C[C@H]2C1. The highest BCUT2D eigenvalue weighted by atomic mass is 32.2. The molecule has 202 valence electrons. The lowest BCUT2D eigenvalue weighted by atomic mass is 10.0. The zero-order chi connectivity index (χ0) is 26.9. The molecular weight excluding hydrogens is 506 g/mol. The maximum Gasteiger partial charge on any atom is 0.175 e. The summed E-state index contributed by atoms with van der Waals surface area (Å²) in [6.07, 6.45) is 5.35. The number of benzene rings is 2. The Labute approximate surface area is 230 Å². The van der Waals surface area contributed by atoms with Crippen LogP contribution >= 0.6 is 0 Å². The molecule has 3 aliphatic rings. The topological polar surface area (TPSA) is 71.3 Å². The predicted molar refractivity (Wildman–Crippen MR) is 156 cm³/mol. The van der Waals surface area contributed by atoms with E-state index in [1.54, 1.807) is 12.1 Å². The summed E-state index contributed by atoms with van der Waals surface area (Å²) in [5.41, 5.74) is 6.21. The van der Waals surface area contributed by atoms with Crippen molar-refractivity contribution in [2.75, 3.05) is 37.3 Å². The largest absolute Gasteiger partial charge is 0.371 e.